The maximum atomic E-state index is 13.4. The first-order valence-electron chi connectivity index (χ1n) is 11.4. The Morgan fingerprint density at radius 1 is 0.906 bits per heavy atom. The van der Waals surface area contributed by atoms with E-state index >= 15 is 0 Å². The van der Waals surface area contributed by atoms with E-state index in [1.807, 2.05) is 30.3 Å². The number of benzene rings is 2. The zero-order valence-electron chi connectivity index (χ0n) is 18.8. The average Bonchev–Trinajstić information content (AvgIpc) is 3.22. The highest BCUT2D eigenvalue weighted by atomic mass is 16.2. The molecule has 0 unspecified atom stereocenters. The molecule has 3 heterocycles. The molecule has 6 nitrogen and oxygen atoms in total. The first-order chi connectivity index (χ1) is 15.5. The van der Waals surface area contributed by atoms with Crippen molar-refractivity contribution in [3.05, 3.63) is 71.9 Å². The molecule has 1 spiro atoms. The number of nitrogens with zero attached hydrogens (tertiary/aromatic N) is 4. The SMILES string of the molecule is CN1C(=O)N(CCc2ccccc2)C(=O)C12CCN(Cc1cn(C)c3ccccc13)CC2. The number of urea groups is 1. The van der Waals surface area contributed by atoms with E-state index in [4.69, 9.17) is 0 Å². The number of para-hydroxylation sites is 1. The molecule has 3 amide bonds. The minimum Gasteiger partial charge on any atom is -0.350 e. The van der Waals surface area contributed by atoms with Gasteiger partial charge in [-0.1, -0.05) is 48.5 Å². The van der Waals surface area contributed by atoms with Crippen LogP contribution >= 0.6 is 0 Å². The van der Waals surface area contributed by atoms with Crippen molar-refractivity contribution in [2.45, 2.75) is 31.3 Å². The molecular formula is C26H30N4O2. The number of imide groups is 1. The molecule has 0 aliphatic carbocycles. The van der Waals surface area contributed by atoms with Gasteiger partial charge in [0.25, 0.3) is 5.91 Å². The van der Waals surface area contributed by atoms with E-state index in [2.05, 4.69) is 47.0 Å². The molecular weight excluding hydrogens is 400 g/mol. The summed E-state index contributed by atoms with van der Waals surface area (Å²) in [6.07, 6.45) is 4.26. The molecule has 2 fully saturated rings. The molecule has 2 aromatic carbocycles. The van der Waals surface area contributed by atoms with Crippen LogP contribution in [-0.2, 0) is 24.8 Å². The van der Waals surface area contributed by atoms with Crippen molar-refractivity contribution < 1.29 is 9.59 Å². The fraction of sp³-hybridized carbons (Fsp3) is 0.385. The number of piperidine rings is 1. The summed E-state index contributed by atoms with van der Waals surface area (Å²) in [5, 5.41) is 1.28. The van der Waals surface area contributed by atoms with E-state index in [1.165, 1.54) is 21.4 Å². The summed E-state index contributed by atoms with van der Waals surface area (Å²) in [7, 11) is 3.88. The van der Waals surface area contributed by atoms with Crippen molar-refractivity contribution in [3.63, 3.8) is 0 Å². The predicted octanol–water partition coefficient (Wildman–Crippen LogP) is 3.65. The highest BCUT2D eigenvalue weighted by Crippen LogP contribution is 2.37. The van der Waals surface area contributed by atoms with Gasteiger partial charge in [0.05, 0.1) is 0 Å². The first kappa shape index (κ1) is 20.8. The number of aromatic nitrogens is 1. The minimum atomic E-state index is -0.691. The zero-order chi connectivity index (χ0) is 22.3. The van der Waals surface area contributed by atoms with Gasteiger partial charge in [-0.15, -0.1) is 0 Å². The van der Waals surface area contributed by atoms with E-state index in [0.717, 1.165) is 25.2 Å². The van der Waals surface area contributed by atoms with E-state index in [9.17, 15) is 9.59 Å². The molecule has 5 rings (SSSR count). The first-order valence-corrected chi connectivity index (χ1v) is 11.4. The van der Waals surface area contributed by atoms with Crippen molar-refractivity contribution in [2.75, 3.05) is 26.7 Å². The van der Waals surface area contributed by atoms with Crippen LogP contribution in [0.2, 0.25) is 0 Å². The lowest BCUT2D eigenvalue weighted by molar-refractivity contribution is -0.135. The molecule has 32 heavy (non-hydrogen) atoms. The third kappa shape index (κ3) is 3.39. The second kappa shape index (κ2) is 8.10. The van der Waals surface area contributed by atoms with Gasteiger partial charge in [-0.2, -0.15) is 0 Å². The van der Waals surface area contributed by atoms with Gasteiger partial charge >= 0.3 is 6.03 Å². The quantitative estimate of drug-likeness (QED) is 0.581. The normalized spacial score (nSPS) is 18.9. The predicted molar refractivity (Wildman–Crippen MR) is 125 cm³/mol. The van der Waals surface area contributed by atoms with Gasteiger partial charge in [-0.05, 0) is 36.5 Å². The average molecular weight is 431 g/mol. The molecule has 0 bridgehead atoms. The Morgan fingerprint density at radius 3 is 2.34 bits per heavy atom. The van der Waals surface area contributed by atoms with Crippen molar-refractivity contribution in [1.29, 1.82) is 0 Å². The lowest BCUT2D eigenvalue weighted by Gasteiger charge is -2.40. The summed E-state index contributed by atoms with van der Waals surface area (Å²) in [5.74, 6) is -0.0225. The molecule has 0 atom stereocenters. The van der Waals surface area contributed by atoms with Crippen LogP contribution in [0.1, 0.15) is 24.0 Å². The molecule has 6 heteroatoms. The number of hydrogen-bond acceptors (Lipinski definition) is 3. The number of hydrogen-bond donors (Lipinski definition) is 0. The highest BCUT2D eigenvalue weighted by Gasteiger charge is 2.56. The Balaban J connectivity index is 1.26. The second-order valence-corrected chi connectivity index (χ2v) is 9.12. The van der Waals surface area contributed by atoms with E-state index in [-0.39, 0.29) is 11.9 Å². The zero-order valence-corrected chi connectivity index (χ0v) is 18.8. The number of fused-ring (bicyclic) bond motifs is 1. The van der Waals surface area contributed by atoms with Crippen LogP contribution in [0.4, 0.5) is 4.79 Å². The smallest absolute Gasteiger partial charge is 0.327 e. The number of carbonyl (C=O) groups is 2. The number of carbonyl (C=O) groups excluding carboxylic acids is 2. The summed E-state index contributed by atoms with van der Waals surface area (Å²) in [5.41, 5.74) is 3.00. The van der Waals surface area contributed by atoms with E-state index in [1.54, 1.807) is 11.9 Å². The Kier molecular flexibility index (Phi) is 5.25. The third-order valence-corrected chi connectivity index (χ3v) is 7.33. The summed E-state index contributed by atoms with van der Waals surface area (Å²) in [6, 6.07) is 18.3. The largest absolute Gasteiger partial charge is 0.350 e. The second-order valence-electron chi connectivity index (χ2n) is 9.12. The van der Waals surface area contributed by atoms with Crippen molar-refractivity contribution in [2.24, 2.45) is 7.05 Å². The molecule has 3 aromatic rings. The van der Waals surface area contributed by atoms with Crippen LogP contribution in [0, 0.1) is 0 Å². The van der Waals surface area contributed by atoms with Crippen LogP contribution < -0.4 is 0 Å². The van der Waals surface area contributed by atoms with E-state index < -0.39 is 5.54 Å². The van der Waals surface area contributed by atoms with Gasteiger partial charge in [0.15, 0.2) is 0 Å². The van der Waals surface area contributed by atoms with Gasteiger partial charge in [0.1, 0.15) is 5.54 Å². The fourth-order valence-corrected chi connectivity index (χ4v) is 5.35. The Morgan fingerprint density at radius 2 is 1.59 bits per heavy atom. The molecule has 0 radical (unpaired) electrons. The Labute approximate surface area is 189 Å². The molecule has 2 aliphatic rings. The monoisotopic (exact) mass is 430 g/mol. The van der Waals surface area contributed by atoms with Crippen molar-refractivity contribution in [3.8, 4) is 0 Å². The number of aryl methyl sites for hydroxylation is 1. The Bertz CT molecular complexity index is 1150. The van der Waals surface area contributed by atoms with Crippen molar-refractivity contribution >= 4 is 22.8 Å². The van der Waals surface area contributed by atoms with Gasteiger partial charge in [-0.25, -0.2) is 4.79 Å². The summed E-state index contributed by atoms with van der Waals surface area (Å²) < 4.78 is 2.17. The maximum Gasteiger partial charge on any atom is 0.327 e. The fourth-order valence-electron chi connectivity index (χ4n) is 5.35. The maximum absolute atomic E-state index is 13.4. The van der Waals surface area contributed by atoms with Gasteiger partial charge in [-0.3, -0.25) is 14.6 Å². The molecule has 1 aromatic heterocycles. The topological polar surface area (TPSA) is 48.8 Å². The molecule has 2 aliphatic heterocycles. The lowest BCUT2D eigenvalue weighted by atomic mass is 9.86. The number of rotatable bonds is 5. The molecule has 0 N–H and O–H groups in total. The van der Waals surface area contributed by atoms with Crippen LogP contribution in [-0.4, -0.2) is 63.4 Å². The highest BCUT2D eigenvalue weighted by molar-refractivity contribution is 6.07. The van der Waals surface area contributed by atoms with Gasteiger partial charge in [0, 0.05) is 57.4 Å². The molecule has 166 valence electrons. The summed E-state index contributed by atoms with van der Waals surface area (Å²) in [6.45, 7) is 2.91. The van der Waals surface area contributed by atoms with Crippen LogP contribution in [0.15, 0.2) is 60.8 Å². The Hall–Kier alpha value is -3.12. The van der Waals surface area contributed by atoms with Gasteiger partial charge in [0.2, 0.25) is 0 Å². The number of likely N-dealkylation sites (tertiary alicyclic amines) is 1. The van der Waals surface area contributed by atoms with E-state index in [0.29, 0.717) is 25.8 Å². The third-order valence-electron chi connectivity index (χ3n) is 7.33. The summed E-state index contributed by atoms with van der Waals surface area (Å²) >= 11 is 0. The summed E-state index contributed by atoms with van der Waals surface area (Å²) in [4.78, 5) is 31.9. The van der Waals surface area contributed by atoms with Gasteiger partial charge < -0.3 is 9.47 Å². The standard InChI is InChI=1S/C26H30N4O2/c1-27-18-21(22-10-6-7-11-23(22)27)19-29-16-13-26(14-17-29)24(31)30(25(32)28(26)2)15-12-20-8-4-3-5-9-20/h3-11,18H,12-17,19H2,1-2H3. The van der Waals surface area contributed by atoms with Crippen molar-refractivity contribution in [1.82, 2.24) is 19.3 Å². The van der Waals surface area contributed by atoms with Crippen LogP contribution in [0.5, 0.6) is 0 Å². The number of amides is 3. The molecule has 0 saturated carbocycles. The lowest BCUT2D eigenvalue weighted by Crippen LogP contribution is -2.55. The number of likely N-dealkylation sites (N-methyl/N-ethyl adjacent to an activating group) is 1. The molecule has 2 saturated heterocycles. The van der Waals surface area contributed by atoms with Crippen LogP contribution in [0.25, 0.3) is 10.9 Å². The minimum absolute atomic E-state index is 0.0225. The van der Waals surface area contributed by atoms with Crippen LogP contribution in [0.3, 0.4) is 0 Å².